The number of hydrogen-bond donors (Lipinski definition) is 2. The van der Waals surface area contributed by atoms with E-state index in [1.807, 2.05) is 24.4 Å². The van der Waals surface area contributed by atoms with Crippen LogP contribution in [0.5, 0.6) is 0 Å². The number of hydrogen-bond acceptors (Lipinski definition) is 3. The molecule has 1 aliphatic heterocycles. The molecular weight excluding hydrogens is 256 g/mol. The topological polar surface area (TPSA) is 49.3 Å². The Morgan fingerprint density at radius 3 is 3.00 bits per heavy atom. The summed E-state index contributed by atoms with van der Waals surface area (Å²) >= 11 is 2.05. The predicted octanol–water partition coefficient (Wildman–Crippen LogP) is 2.03. The molecule has 0 spiro atoms. The van der Waals surface area contributed by atoms with Gasteiger partial charge < -0.3 is 10.6 Å². The van der Waals surface area contributed by atoms with Gasteiger partial charge in [0.1, 0.15) is 0 Å². The van der Waals surface area contributed by atoms with E-state index in [0.717, 1.165) is 18.2 Å². The molecule has 4 nitrogen and oxygen atoms in total. The molecule has 0 radical (unpaired) electrons. The van der Waals surface area contributed by atoms with Crippen molar-refractivity contribution < 1.29 is 0 Å². The minimum Gasteiger partial charge on any atom is -0.355 e. The summed E-state index contributed by atoms with van der Waals surface area (Å²) in [6, 6.07) is 5.93. The van der Waals surface area contributed by atoms with Crippen LogP contribution in [-0.2, 0) is 6.54 Å². The fourth-order valence-electron chi connectivity index (χ4n) is 2.14. The van der Waals surface area contributed by atoms with E-state index in [-0.39, 0.29) is 0 Å². The van der Waals surface area contributed by atoms with Crippen molar-refractivity contribution in [2.45, 2.75) is 31.1 Å². The standard InChI is InChI=1S/C14H22N4S/c1-14(7-5-9-19-14)11-18-13(15-2)17-10-12-6-3-4-8-16-12/h3-4,6,8H,5,7,9-11H2,1-2H3,(H2,15,17,18). The van der Waals surface area contributed by atoms with Crippen LogP contribution in [0, 0.1) is 0 Å². The number of rotatable bonds is 4. The van der Waals surface area contributed by atoms with Crippen LogP contribution in [0.3, 0.4) is 0 Å². The van der Waals surface area contributed by atoms with Crippen LogP contribution in [0.2, 0.25) is 0 Å². The van der Waals surface area contributed by atoms with Crippen LogP contribution in [0.4, 0.5) is 0 Å². The molecule has 1 unspecified atom stereocenters. The van der Waals surface area contributed by atoms with Gasteiger partial charge in [-0.3, -0.25) is 9.98 Å². The molecule has 0 aliphatic carbocycles. The summed E-state index contributed by atoms with van der Waals surface area (Å²) in [5.74, 6) is 2.12. The molecule has 19 heavy (non-hydrogen) atoms. The summed E-state index contributed by atoms with van der Waals surface area (Å²) in [5.41, 5.74) is 1.02. The van der Waals surface area contributed by atoms with E-state index in [9.17, 15) is 0 Å². The first-order valence-electron chi connectivity index (χ1n) is 6.70. The maximum atomic E-state index is 4.29. The smallest absolute Gasteiger partial charge is 0.191 e. The van der Waals surface area contributed by atoms with Gasteiger partial charge in [-0.1, -0.05) is 6.07 Å². The third-order valence-corrected chi connectivity index (χ3v) is 4.86. The zero-order valence-corrected chi connectivity index (χ0v) is 12.5. The third-order valence-electron chi connectivity index (χ3n) is 3.32. The van der Waals surface area contributed by atoms with E-state index in [4.69, 9.17) is 0 Å². The lowest BCUT2D eigenvalue weighted by Crippen LogP contribution is -2.43. The average molecular weight is 278 g/mol. The highest BCUT2D eigenvalue weighted by Crippen LogP contribution is 2.36. The molecular formula is C14H22N4S. The highest BCUT2D eigenvalue weighted by molar-refractivity contribution is 8.00. The minimum absolute atomic E-state index is 0.350. The van der Waals surface area contributed by atoms with Crippen molar-refractivity contribution >= 4 is 17.7 Å². The van der Waals surface area contributed by atoms with Gasteiger partial charge in [0.2, 0.25) is 0 Å². The van der Waals surface area contributed by atoms with Crippen molar-refractivity contribution in [3.8, 4) is 0 Å². The van der Waals surface area contributed by atoms with Crippen LogP contribution in [0.15, 0.2) is 29.4 Å². The van der Waals surface area contributed by atoms with Crippen molar-refractivity contribution in [1.82, 2.24) is 15.6 Å². The fourth-order valence-corrected chi connectivity index (χ4v) is 3.39. The fraction of sp³-hybridized carbons (Fsp3) is 0.571. The molecule has 2 N–H and O–H groups in total. The summed E-state index contributed by atoms with van der Waals surface area (Å²) in [4.78, 5) is 8.54. The van der Waals surface area contributed by atoms with Crippen molar-refractivity contribution in [2.75, 3.05) is 19.3 Å². The first-order valence-corrected chi connectivity index (χ1v) is 7.69. The number of aromatic nitrogens is 1. The van der Waals surface area contributed by atoms with Crippen LogP contribution < -0.4 is 10.6 Å². The molecule has 1 aromatic heterocycles. The summed E-state index contributed by atoms with van der Waals surface area (Å²) < 4.78 is 0.350. The Morgan fingerprint density at radius 2 is 2.37 bits per heavy atom. The maximum Gasteiger partial charge on any atom is 0.191 e. The van der Waals surface area contributed by atoms with Gasteiger partial charge in [-0.2, -0.15) is 11.8 Å². The SMILES string of the molecule is CN=C(NCc1ccccn1)NCC1(C)CCCS1. The maximum absolute atomic E-state index is 4.29. The molecule has 1 fully saturated rings. The second-order valence-corrected chi connectivity index (χ2v) is 6.68. The van der Waals surface area contributed by atoms with E-state index >= 15 is 0 Å². The van der Waals surface area contributed by atoms with E-state index < -0.39 is 0 Å². The Hall–Kier alpha value is -1.23. The predicted molar refractivity (Wildman–Crippen MR) is 82.5 cm³/mol. The van der Waals surface area contributed by atoms with Crippen LogP contribution in [0.25, 0.3) is 0 Å². The first-order chi connectivity index (χ1) is 9.22. The van der Waals surface area contributed by atoms with Crippen molar-refractivity contribution in [2.24, 2.45) is 4.99 Å². The Bertz CT molecular complexity index is 413. The minimum atomic E-state index is 0.350. The zero-order valence-electron chi connectivity index (χ0n) is 11.6. The largest absolute Gasteiger partial charge is 0.355 e. The summed E-state index contributed by atoms with van der Waals surface area (Å²) in [6.07, 6.45) is 4.41. The number of thioether (sulfide) groups is 1. The Labute approximate surface area is 119 Å². The van der Waals surface area contributed by atoms with Crippen LogP contribution in [-0.4, -0.2) is 35.0 Å². The molecule has 2 rings (SSSR count). The van der Waals surface area contributed by atoms with Crippen molar-refractivity contribution in [1.29, 1.82) is 0 Å². The molecule has 1 atom stereocenters. The quantitative estimate of drug-likeness (QED) is 0.653. The molecule has 0 bridgehead atoms. The molecule has 0 amide bonds. The van der Waals surface area contributed by atoms with Crippen molar-refractivity contribution in [3.05, 3.63) is 30.1 Å². The Morgan fingerprint density at radius 1 is 1.47 bits per heavy atom. The molecule has 1 aromatic rings. The van der Waals surface area contributed by atoms with Gasteiger partial charge in [-0.15, -0.1) is 0 Å². The zero-order chi connectivity index (χ0) is 13.6. The number of nitrogens with zero attached hydrogens (tertiary/aromatic N) is 2. The second kappa shape index (κ2) is 6.80. The number of aliphatic imine (C=N–C) groups is 1. The number of pyridine rings is 1. The molecule has 5 heteroatoms. The Balaban J connectivity index is 1.78. The van der Waals surface area contributed by atoms with Gasteiger partial charge >= 0.3 is 0 Å². The Kier molecular flexibility index (Phi) is 5.07. The molecule has 0 saturated carbocycles. The second-order valence-electron chi connectivity index (χ2n) is 5.00. The van der Waals surface area contributed by atoms with Gasteiger partial charge in [-0.05, 0) is 37.7 Å². The van der Waals surface area contributed by atoms with Gasteiger partial charge in [0.05, 0.1) is 12.2 Å². The molecule has 2 heterocycles. The lowest BCUT2D eigenvalue weighted by atomic mass is 10.1. The molecule has 1 saturated heterocycles. The monoisotopic (exact) mass is 278 g/mol. The average Bonchev–Trinajstić information content (AvgIpc) is 2.87. The summed E-state index contributed by atoms with van der Waals surface area (Å²) in [7, 11) is 1.80. The van der Waals surface area contributed by atoms with Crippen LogP contribution >= 0.6 is 11.8 Å². The lowest BCUT2D eigenvalue weighted by molar-refractivity contribution is 0.584. The van der Waals surface area contributed by atoms with Gasteiger partial charge in [-0.25, -0.2) is 0 Å². The van der Waals surface area contributed by atoms with Crippen molar-refractivity contribution in [3.63, 3.8) is 0 Å². The van der Waals surface area contributed by atoms with E-state index in [1.165, 1.54) is 18.6 Å². The van der Waals surface area contributed by atoms with Gasteiger partial charge in [0, 0.05) is 24.5 Å². The summed E-state index contributed by atoms with van der Waals surface area (Å²) in [5, 5.41) is 6.71. The highest BCUT2D eigenvalue weighted by atomic mass is 32.2. The third kappa shape index (κ3) is 4.42. The molecule has 104 valence electrons. The highest BCUT2D eigenvalue weighted by Gasteiger charge is 2.29. The number of guanidine groups is 1. The van der Waals surface area contributed by atoms with E-state index in [0.29, 0.717) is 11.3 Å². The normalized spacial score (nSPS) is 23.4. The molecule has 0 aromatic carbocycles. The van der Waals surface area contributed by atoms with Gasteiger partial charge in [0.15, 0.2) is 5.96 Å². The van der Waals surface area contributed by atoms with E-state index in [1.54, 1.807) is 7.05 Å². The van der Waals surface area contributed by atoms with Crippen LogP contribution in [0.1, 0.15) is 25.5 Å². The first kappa shape index (κ1) is 14.2. The van der Waals surface area contributed by atoms with E-state index in [2.05, 4.69) is 39.3 Å². The summed E-state index contributed by atoms with van der Waals surface area (Å²) in [6.45, 7) is 3.98. The van der Waals surface area contributed by atoms with Gasteiger partial charge in [0.25, 0.3) is 0 Å². The number of nitrogens with one attached hydrogen (secondary N) is 2. The lowest BCUT2D eigenvalue weighted by Gasteiger charge is -2.24. The molecule has 1 aliphatic rings.